The lowest BCUT2D eigenvalue weighted by atomic mass is 10.0. The monoisotopic (exact) mass is 335 g/mol. The zero-order valence-corrected chi connectivity index (χ0v) is 13.4. The summed E-state index contributed by atoms with van der Waals surface area (Å²) >= 11 is 0. The van der Waals surface area contributed by atoms with Gasteiger partial charge in [-0.25, -0.2) is 9.78 Å². The van der Waals surface area contributed by atoms with Gasteiger partial charge in [-0.3, -0.25) is 4.79 Å². The summed E-state index contributed by atoms with van der Waals surface area (Å²) in [6.45, 7) is 0. The van der Waals surface area contributed by atoms with Gasteiger partial charge in [-0.15, -0.1) is 0 Å². The molecule has 1 atom stereocenters. The van der Waals surface area contributed by atoms with Crippen molar-refractivity contribution in [1.82, 2.24) is 4.98 Å². The first-order valence-corrected chi connectivity index (χ1v) is 7.75. The number of benzene rings is 2. The Morgan fingerprint density at radius 3 is 2.52 bits per heavy atom. The Labute approximate surface area is 144 Å². The van der Waals surface area contributed by atoms with Crippen LogP contribution in [0.2, 0.25) is 0 Å². The summed E-state index contributed by atoms with van der Waals surface area (Å²) in [6.07, 6.45) is 0.144. The largest absolute Gasteiger partial charge is 0.406 e. The van der Waals surface area contributed by atoms with Crippen LogP contribution in [0, 0.1) is 0 Å². The number of hydrogen-bond acceptors (Lipinski definition) is 5. The molecule has 1 amide bonds. The Morgan fingerprint density at radius 2 is 1.72 bits per heavy atom. The predicted molar refractivity (Wildman–Crippen MR) is 94.0 cm³/mol. The van der Waals surface area contributed by atoms with E-state index in [1.165, 1.54) is 0 Å². The summed E-state index contributed by atoms with van der Waals surface area (Å²) in [5.41, 5.74) is 12.9. The van der Waals surface area contributed by atoms with Crippen molar-refractivity contribution in [2.45, 2.75) is 12.5 Å². The molecule has 0 saturated carbocycles. The standard InChI is InChI=1S/C19H17N3O3/c20-15(11-13-6-1-3-7-14(13)18(21)23)19(24)25-17-10-9-12-5-2-4-8-16(12)22-17/h1-10,15H,11,20H2,(H2,21,23). The lowest BCUT2D eigenvalue weighted by Crippen LogP contribution is -2.37. The molecule has 0 bridgehead atoms. The van der Waals surface area contributed by atoms with Gasteiger partial charge < -0.3 is 16.2 Å². The Bertz CT molecular complexity index is 940. The molecule has 0 saturated heterocycles. The van der Waals surface area contributed by atoms with Crippen molar-refractivity contribution in [2.24, 2.45) is 11.5 Å². The number of esters is 1. The van der Waals surface area contributed by atoms with Crippen LogP contribution in [0.5, 0.6) is 5.88 Å². The highest BCUT2D eigenvalue weighted by Crippen LogP contribution is 2.17. The van der Waals surface area contributed by atoms with Crippen LogP contribution in [0.4, 0.5) is 0 Å². The van der Waals surface area contributed by atoms with Crippen LogP contribution in [0.1, 0.15) is 15.9 Å². The minimum Gasteiger partial charge on any atom is -0.406 e. The average molecular weight is 335 g/mol. The molecule has 2 aromatic carbocycles. The third kappa shape index (κ3) is 3.81. The van der Waals surface area contributed by atoms with E-state index in [9.17, 15) is 9.59 Å². The van der Waals surface area contributed by atoms with Gasteiger partial charge in [0.05, 0.1) is 5.52 Å². The Kier molecular flexibility index (Phi) is 4.72. The molecule has 3 aromatic rings. The number of carbonyl (C=O) groups excluding carboxylic acids is 2. The lowest BCUT2D eigenvalue weighted by molar-refractivity contribution is -0.136. The summed E-state index contributed by atoms with van der Waals surface area (Å²) in [7, 11) is 0. The van der Waals surface area contributed by atoms with Crippen LogP contribution in [-0.4, -0.2) is 22.9 Å². The van der Waals surface area contributed by atoms with Crippen LogP contribution < -0.4 is 16.2 Å². The number of para-hydroxylation sites is 1. The molecule has 0 aliphatic heterocycles. The first-order valence-electron chi connectivity index (χ1n) is 7.75. The van der Waals surface area contributed by atoms with Gasteiger partial charge in [0.2, 0.25) is 11.8 Å². The van der Waals surface area contributed by atoms with Crippen molar-refractivity contribution in [3.63, 3.8) is 0 Å². The highest BCUT2D eigenvalue weighted by Gasteiger charge is 2.19. The number of ether oxygens (including phenoxy) is 1. The van der Waals surface area contributed by atoms with Crippen molar-refractivity contribution in [3.05, 3.63) is 71.8 Å². The van der Waals surface area contributed by atoms with Crippen LogP contribution in [-0.2, 0) is 11.2 Å². The second kappa shape index (κ2) is 7.11. The van der Waals surface area contributed by atoms with Crippen LogP contribution in [0.3, 0.4) is 0 Å². The second-order valence-corrected chi connectivity index (χ2v) is 5.60. The van der Waals surface area contributed by atoms with E-state index in [-0.39, 0.29) is 12.3 Å². The van der Waals surface area contributed by atoms with E-state index in [2.05, 4.69) is 4.98 Å². The minimum absolute atomic E-state index is 0.144. The van der Waals surface area contributed by atoms with Gasteiger partial charge in [0.1, 0.15) is 6.04 Å². The van der Waals surface area contributed by atoms with Gasteiger partial charge in [0.25, 0.3) is 0 Å². The first-order chi connectivity index (χ1) is 12.0. The molecule has 0 fully saturated rings. The molecule has 1 heterocycles. The zero-order valence-electron chi connectivity index (χ0n) is 13.4. The highest BCUT2D eigenvalue weighted by molar-refractivity contribution is 5.94. The van der Waals surface area contributed by atoms with Crippen molar-refractivity contribution >= 4 is 22.8 Å². The fraction of sp³-hybridized carbons (Fsp3) is 0.105. The normalized spacial score (nSPS) is 11.9. The van der Waals surface area contributed by atoms with Gasteiger partial charge in [-0.1, -0.05) is 36.4 Å². The van der Waals surface area contributed by atoms with Gasteiger partial charge in [-0.05, 0) is 30.2 Å². The lowest BCUT2D eigenvalue weighted by Gasteiger charge is -2.13. The third-order valence-electron chi connectivity index (χ3n) is 3.80. The van der Waals surface area contributed by atoms with Gasteiger partial charge in [-0.2, -0.15) is 0 Å². The summed E-state index contributed by atoms with van der Waals surface area (Å²) in [5.74, 6) is -1.00. The minimum atomic E-state index is -0.936. The van der Waals surface area contributed by atoms with E-state index < -0.39 is 17.9 Å². The maximum atomic E-state index is 12.2. The number of nitrogens with zero attached hydrogens (tertiary/aromatic N) is 1. The molecule has 3 rings (SSSR count). The molecular weight excluding hydrogens is 318 g/mol. The summed E-state index contributed by atoms with van der Waals surface area (Å²) in [4.78, 5) is 28.0. The smallest absolute Gasteiger partial charge is 0.329 e. The van der Waals surface area contributed by atoms with Crippen molar-refractivity contribution in [2.75, 3.05) is 0 Å². The van der Waals surface area contributed by atoms with Gasteiger partial charge in [0.15, 0.2) is 0 Å². The van der Waals surface area contributed by atoms with E-state index in [0.717, 1.165) is 10.9 Å². The average Bonchev–Trinajstić information content (AvgIpc) is 2.61. The molecule has 6 heteroatoms. The number of pyridine rings is 1. The third-order valence-corrected chi connectivity index (χ3v) is 3.80. The van der Waals surface area contributed by atoms with Crippen molar-refractivity contribution < 1.29 is 14.3 Å². The molecule has 25 heavy (non-hydrogen) atoms. The predicted octanol–water partition coefficient (Wildman–Crippen LogP) is 1.81. The van der Waals surface area contributed by atoms with Crippen LogP contribution >= 0.6 is 0 Å². The number of carbonyl (C=O) groups is 2. The van der Waals surface area contributed by atoms with Gasteiger partial charge >= 0.3 is 5.97 Å². The second-order valence-electron chi connectivity index (χ2n) is 5.60. The zero-order chi connectivity index (χ0) is 17.8. The number of hydrogen-bond donors (Lipinski definition) is 2. The molecule has 6 nitrogen and oxygen atoms in total. The molecular formula is C19H17N3O3. The fourth-order valence-corrected chi connectivity index (χ4v) is 2.54. The van der Waals surface area contributed by atoms with Crippen molar-refractivity contribution in [1.29, 1.82) is 0 Å². The molecule has 1 unspecified atom stereocenters. The molecule has 126 valence electrons. The molecule has 1 aromatic heterocycles. The van der Waals surface area contributed by atoms with Crippen molar-refractivity contribution in [3.8, 4) is 5.88 Å². The van der Waals surface area contributed by atoms with Crippen LogP contribution in [0.15, 0.2) is 60.7 Å². The molecule has 4 N–H and O–H groups in total. The Balaban J connectivity index is 1.73. The van der Waals surface area contributed by atoms with Gasteiger partial charge in [0, 0.05) is 17.0 Å². The maximum absolute atomic E-state index is 12.2. The van der Waals surface area contributed by atoms with Crippen LogP contribution in [0.25, 0.3) is 10.9 Å². The molecule has 0 aliphatic carbocycles. The fourth-order valence-electron chi connectivity index (χ4n) is 2.54. The number of amides is 1. The molecule has 0 spiro atoms. The number of rotatable bonds is 5. The SMILES string of the molecule is NC(=O)c1ccccc1CC(N)C(=O)Oc1ccc2ccccc2n1. The van der Waals surface area contributed by atoms with E-state index in [1.807, 2.05) is 30.3 Å². The van der Waals surface area contributed by atoms with E-state index >= 15 is 0 Å². The molecule has 0 radical (unpaired) electrons. The summed E-state index contributed by atoms with van der Waals surface area (Å²) in [5, 5.41) is 0.946. The Morgan fingerprint density at radius 1 is 1.00 bits per heavy atom. The number of fused-ring (bicyclic) bond motifs is 1. The summed E-state index contributed by atoms with van der Waals surface area (Å²) < 4.78 is 5.27. The topological polar surface area (TPSA) is 108 Å². The highest BCUT2D eigenvalue weighted by atomic mass is 16.5. The molecule has 0 aliphatic rings. The van der Waals surface area contributed by atoms with E-state index in [0.29, 0.717) is 11.1 Å². The van der Waals surface area contributed by atoms with E-state index in [4.69, 9.17) is 16.2 Å². The first kappa shape index (κ1) is 16.6. The maximum Gasteiger partial charge on any atom is 0.329 e. The quantitative estimate of drug-likeness (QED) is 0.691. The number of aromatic nitrogens is 1. The van der Waals surface area contributed by atoms with E-state index in [1.54, 1.807) is 30.3 Å². The Hall–Kier alpha value is -3.25. The summed E-state index contributed by atoms with van der Waals surface area (Å²) in [6, 6.07) is 16.8. The number of primary amides is 1. The number of nitrogens with two attached hydrogens (primary N) is 2.